The SMILES string of the molecule is O=C(O)c1cccc(-c2nc3ccc(Cl)cc3s2)c1. The number of aromatic carboxylic acids is 1. The van der Waals surface area contributed by atoms with Gasteiger partial charge in [0, 0.05) is 10.6 Å². The Bertz CT molecular complexity index is 782. The number of carboxylic acids is 1. The average Bonchev–Trinajstić information content (AvgIpc) is 2.81. The van der Waals surface area contributed by atoms with Crippen LogP contribution in [0, 0.1) is 0 Å². The zero-order chi connectivity index (χ0) is 13.4. The molecule has 0 bridgehead atoms. The first-order valence-corrected chi connectivity index (χ1v) is 6.73. The van der Waals surface area contributed by atoms with Crippen LogP contribution in [0.1, 0.15) is 10.4 Å². The van der Waals surface area contributed by atoms with E-state index in [-0.39, 0.29) is 5.56 Å². The van der Waals surface area contributed by atoms with Crippen LogP contribution in [-0.4, -0.2) is 16.1 Å². The molecule has 1 aromatic heterocycles. The second kappa shape index (κ2) is 4.64. The smallest absolute Gasteiger partial charge is 0.335 e. The van der Waals surface area contributed by atoms with E-state index in [0.29, 0.717) is 5.02 Å². The van der Waals surface area contributed by atoms with E-state index in [4.69, 9.17) is 16.7 Å². The van der Waals surface area contributed by atoms with Gasteiger partial charge in [0.15, 0.2) is 0 Å². The minimum Gasteiger partial charge on any atom is -0.478 e. The summed E-state index contributed by atoms with van der Waals surface area (Å²) in [5.74, 6) is -0.939. The summed E-state index contributed by atoms with van der Waals surface area (Å²) in [5.41, 5.74) is 1.93. The van der Waals surface area contributed by atoms with Gasteiger partial charge < -0.3 is 5.11 Å². The van der Waals surface area contributed by atoms with E-state index < -0.39 is 5.97 Å². The van der Waals surface area contributed by atoms with Crippen LogP contribution in [0.5, 0.6) is 0 Å². The Kier molecular flexibility index (Phi) is 2.97. The number of rotatable bonds is 2. The highest BCUT2D eigenvalue weighted by Gasteiger charge is 2.09. The number of hydrogen-bond acceptors (Lipinski definition) is 3. The number of benzene rings is 2. The van der Waals surface area contributed by atoms with Crippen LogP contribution in [0.4, 0.5) is 0 Å². The van der Waals surface area contributed by atoms with Gasteiger partial charge in [-0.15, -0.1) is 11.3 Å². The van der Waals surface area contributed by atoms with Crippen molar-refractivity contribution in [3.63, 3.8) is 0 Å². The van der Waals surface area contributed by atoms with E-state index in [0.717, 1.165) is 20.8 Å². The van der Waals surface area contributed by atoms with Crippen molar-refractivity contribution in [3.05, 3.63) is 53.1 Å². The molecule has 1 N–H and O–H groups in total. The van der Waals surface area contributed by atoms with Crippen molar-refractivity contribution >= 4 is 39.1 Å². The van der Waals surface area contributed by atoms with Gasteiger partial charge in [0.2, 0.25) is 0 Å². The van der Waals surface area contributed by atoms with Crippen molar-refractivity contribution in [3.8, 4) is 10.6 Å². The second-order valence-electron chi connectivity index (χ2n) is 4.02. The normalized spacial score (nSPS) is 10.8. The molecule has 0 saturated heterocycles. The zero-order valence-electron chi connectivity index (χ0n) is 9.63. The maximum absolute atomic E-state index is 11.0. The van der Waals surface area contributed by atoms with Gasteiger partial charge in [-0.05, 0) is 30.3 Å². The molecule has 19 heavy (non-hydrogen) atoms. The highest BCUT2D eigenvalue weighted by Crippen LogP contribution is 2.31. The first kappa shape index (κ1) is 12.1. The molecule has 0 aliphatic rings. The Labute approximate surface area is 118 Å². The lowest BCUT2D eigenvalue weighted by molar-refractivity contribution is 0.0697. The van der Waals surface area contributed by atoms with E-state index in [1.165, 1.54) is 11.3 Å². The number of carbonyl (C=O) groups is 1. The lowest BCUT2D eigenvalue weighted by Gasteiger charge is -1.97. The Balaban J connectivity index is 2.13. The fraction of sp³-hybridized carbons (Fsp3) is 0. The minimum atomic E-state index is -0.939. The molecular formula is C14H8ClNO2S. The average molecular weight is 290 g/mol. The van der Waals surface area contributed by atoms with Crippen molar-refractivity contribution in [2.24, 2.45) is 0 Å². The van der Waals surface area contributed by atoms with Crippen molar-refractivity contribution in [1.29, 1.82) is 0 Å². The maximum atomic E-state index is 11.0. The largest absolute Gasteiger partial charge is 0.478 e. The molecule has 0 aliphatic heterocycles. The molecule has 0 amide bonds. The molecule has 0 fully saturated rings. The standard InChI is InChI=1S/C14H8ClNO2S/c15-10-4-5-11-12(7-10)19-13(16-11)8-2-1-3-9(6-8)14(17)18/h1-7H,(H,17,18). The molecule has 0 spiro atoms. The molecule has 0 aliphatic carbocycles. The topological polar surface area (TPSA) is 50.2 Å². The second-order valence-corrected chi connectivity index (χ2v) is 5.48. The first-order valence-electron chi connectivity index (χ1n) is 5.53. The molecule has 0 saturated carbocycles. The number of nitrogens with zero attached hydrogens (tertiary/aromatic N) is 1. The summed E-state index contributed by atoms with van der Waals surface area (Å²) in [6.45, 7) is 0. The van der Waals surface area contributed by atoms with Crippen LogP contribution in [0.25, 0.3) is 20.8 Å². The molecule has 0 radical (unpaired) electrons. The monoisotopic (exact) mass is 289 g/mol. The summed E-state index contributed by atoms with van der Waals surface area (Å²) in [7, 11) is 0. The van der Waals surface area contributed by atoms with Gasteiger partial charge in [-0.3, -0.25) is 0 Å². The first-order chi connectivity index (χ1) is 9.13. The van der Waals surface area contributed by atoms with Crippen LogP contribution in [0.15, 0.2) is 42.5 Å². The minimum absolute atomic E-state index is 0.259. The summed E-state index contributed by atoms with van der Waals surface area (Å²) in [4.78, 5) is 15.5. The van der Waals surface area contributed by atoms with Gasteiger partial charge >= 0.3 is 5.97 Å². The Hall–Kier alpha value is -1.91. The molecule has 2 aromatic carbocycles. The van der Waals surface area contributed by atoms with Crippen molar-refractivity contribution in [2.45, 2.75) is 0 Å². The van der Waals surface area contributed by atoms with Crippen LogP contribution in [0.2, 0.25) is 5.02 Å². The zero-order valence-corrected chi connectivity index (χ0v) is 11.2. The number of hydrogen-bond donors (Lipinski definition) is 1. The van der Waals surface area contributed by atoms with Gasteiger partial charge in [-0.1, -0.05) is 23.7 Å². The van der Waals surface area contributed by atoms with Gasteiger partial charge in [-0.25, -0.2) is 9.78 Å². The van der Waals surface area contributed by atoms with E-state index in [1.807, 2.05) is 18.2 Å². The third kappa shape index (κ3) is 2.32. The third-order valence-corrected chi connectivity index (χ3v) is 4.01. The molecule has 0 atom stereocenters. The Morgan fingerprint density at radius 3 is 2.84 bits per heavy atom. The molecular weight excluding hydrogens is 282 g/mol. The summed E-state index contributed by atoms with van der Waals surface area (Å²) in [6.07, 6.45) is 0. The molecule has 94 valence electrons. The van der Waals surface area contributed by atoms with Crippen LogP contribution < -0.4 is 0 Å². The quantitative estimate of drug-likeness (QED) is 0.764. The van der Waals surface area contributed by atoms with Gasteiger partial charge in [0.1, 0.15) is 5.01 Å². The number of aromatic nitrogens is 1. The lowest BCUT2D eigenvalue weighted by Crippen LogP contribution is -1.95. The third-order valence-electron chi connectivity index (χ3n) is 2.71. The van der Waals surface area contributed by atoms with Crippen LogP contribution >= 0.6 is 22.9 Å². The van der Waals surface area contributed by atoms with Crippen molar-refractivity contribution < 1.29 is 9.90 Å². The molecule has 3 nitrogen and oxygen atoms in total. The fourth-order valence-electron chi connectivity index (χ4n) is 1.81. The van der Waals surface area contributed by atoms with Gasteiger partial charge in [0.05, 0.1) is 15.8 Å². The van der Waals surface area contributed by atoms with E-state index in [2.05, 4.69) is 4.98 Å². The molecule has 5 heteroatoms. The molecule has 3 rings (SSSR count). The van der Waals surface area contributed by atoms with E-state index >= 15 is 0 Å². The maximum Gasteiger partial charge on any atom is 0.335 e. The summed E-state index contributed by atoms with van der Waals surface area (Å²) >= 11 is 7.44. The van der Waals surface area contributed by atoms with Gasteiger partial charge in [-0.2, -0.15) is 0 Å². The van der Waals surface area contributed by atoms with Gasteiger partial charge in [0.25, 0.3) is 0 Å². The highest BCUT2D eigenvalue weighted by molar-refractivity contribution is 7.21. The van der Waals surface area contributed by atoms with Crippen LogP contribution in [0.3, 0.4) is 0 Å². The van der Waals surface area contributed by atoms with E-state index in [9.17, 15) is 4.79 Å². The summed E-state index contributed by atoms with van der Waals surface area (Å²) in [5, 5.41) is 10.5. The summed E-state index contributed by atoms with van der Waals surface area (Å²) < 4.78 is 0.989. The van der Waals surface area contributed by atoms with E-state index in [1.54, 1.807) is 24.3 Å². The highest BCUT2D eigenvalue weighted by atomic mass is 35.5. The molecule has 3 aromatic rings. The van der Waals surface area contributed by atoms with Crippen molar-refractivity contribution in [1.82, 2.24) is 4.98 Å². The Morgan fingerprint density at radius 2 is 2.05 bits per heavy atom. The number of fused-ring (bicyclic) bond motifs is 1. The Morgan fingerprint density at radius 1 is 1.21 bits per heavy atom. The predicted octanol–water partition coefficient (Wildman–Crippen LogP) is 4.31. The lowest BCUT2D eigenvalue weighted by atomic mass is 10.1. The molecule has 0 unspecified atom stereocenters. The van der Waals surface area contributed by atoms with Crippen molar-refractivity contribution in [2.75, 3.05) is 0 Å². The summed E-state index contributed by atoms with van der Waals surface area (Å²) in [6, 6.07) is 12.3. The fourth-order valence-corrected chi connectivity index (χ4v) is 3.05. The predicted molar refractivity (Wildman–Crippen MR) is 77.0 cm³/mol. The molecule has 1 heterocycles. The number of halogens is 1. The van der Waals surface area contributed by atoms with Crippen LogP contribution in [-0.2, 0) is 0 Å². The number of carboxylic acid groups (broad SMARTS) is 1. The number of thiazole rings is 1.